The van der Waals surface area contributed by atoms with E-state index in [0.29, 0.717) is 6.04 Å². The first kappa shape index (κ1) is 12.5. The highest BCUT2D eigenvalue weighted by Crippen LogP contribution is 2.13. The van der Waals surface area contributed by atoms with Crippen LogP contribution in [0.1, 0.15) is 26.0 Å². The minimum atomic E-state index is 0.0189. The van der Waals surface area contributed by atoms with Crippen LogP contribution in [0.5, 0.6) is 0 Å². The van der Waals surface area contributed by atoms with Gasteiger partial charge in [0, 0.05) is 30.9 Å². The van der Waals surface area contributed by atoms with E-state index < -0.39 is 0 Å². The Labute approximate surface area is 106 Å². The topological polar surface area (TPSA) is 45.2 Å². The van der Waals surface area contributed by atoms with E-state index in [4.69, 9.17) is 0 Å². The molecule has 1 fully saturated rings. The van der Waals surface area contributed by atoms with Crippen molar-refractivity contribution in [2.75, 3.05) is 13.1 Å². The van der Waals surface area contributed by atoms with E-state index in [9.17, 15) is 4.79 Å². The number of hydrogen-bond donors (Lipinski definition) is 1. The fourth-order valence-electron chi connectivity index (χ4n) is 2.13. The fourth-order valence-corrected chi connectivity index (χ4v) is 2.72. The number of nitrogens with zero attached hydrogens (tertiary/aromatic N) is 2. The summed E-state index contributed by atoms with van der Waals surface area (Å²) in [5.41, 5.74) is 2.92. The lowest BCUT2D eigenvalue weighted by atomic mass is 10.2. The maximum Gasteiger partial charge on any atom is 0.239 e. The van der Waals surface area contributed by atoms with Crippen molar-refractivity contribution in [2.45, 2.75) is 38.8 Å². The summed E-state index contributed by atoms with van der Waals surface area (Å²) in [5, 5.41) is 5.36. The highest BCUT2D eigenvalue weighted by atomic mass is 32.1. The van der Waals surface area contributed by atoms with Crippen molar-refractivity contribution in [3.8, 4) is 0 Å². The number of carbonyl (C=O) groups is 1. The quantitative estimate of drug-likeness (QED) is 0.860. The number of carbonyl (C=O) groups excluding carboxylic acids is 1. The maximum absolute atomic E-state index is 12.0. The maximum atomic E-state index is 12.0. The first-order valence-corrected chi connectivity index (χ1v) is 7.03. The summed E-state index contributed by atoms with van der Waals surface area (Å²) in [4.78, 5) is 18.2. The molecule has 0 aromatic carbocycles. The van der Waals surface area contributed by atoms with Crippen LogP contribution in [-0.2, 0) is 11.2 Å². The average molecular weight is 253 g/mol. The Morgan fingerprint density at radius 2 is 2.47 bits per heavy atom. The molecule has 1 saturated heterocycles. The SMILES string of the molecule is CC(C)NC1CCN(CCc2cscn2)C1=O. The number of thiazole rings is 1. The van der Waals surface area contributed by atoms with Gasteiger partial charge in [-0.05, 0) is 6.42 Å². The molecular weight excluding hydrogens is 234 g/mol. The van der Waals surface area contributed by atoms with Crippen LogP contribution >= 0.6 is 11.3 Å². The second kappa shape index (κ2) is 5.60. The lowest BCUT2D eigenvalue weighted by molar-refractivity contribution is -0.129. The number of rotatable bonds is 5. The number of likely N-dealkylation sites (tertiary alicyclic amines) is 1. The molecule has 0 spiro atoms. The molecule has 1 N–H and O–H groups in total. The van der Waals surface area contributed by atoms with Gasteiger partial charge in [-0.15, -0.1) is 11.3 Å². The largest absolute Gasteiger partial charge is 0.341 e. The van der Waals surface area contributed by atoms with Crippen molar-refractivity contribution in [3.05, 3.63) is 16.6 Å². The Hall–Kier alpha value is -0.940. The lowest BCUT2D eigenvalue weighted by Gasteiger charge is -2.17. The van der Waals surface area contributed by atoms with Gasteiger partial charge >= 0.3 is 0 Å². The van der Waals surface area contributed by atoms with Gasteiger partial charge in [-0.25, -0.2) is 4.98 Å². The van der Waals surface area contributed by atoms with Gasteiger partial charge in [0.1, 0.15) is 0 Å². The number of aromatic nitrogens is 1. The minimum Gasteiger partial charge on any atom is -0.341 e. The molecule has 17 heavy (non-hydrogen) atoms. The van der Waals surface area contributed by atoms with E-state index in [1.807, 2.05) is 15.8 Å². The molecule has 5 heteroatoms. The van der Waals surface area contributed by atoms with Crippen molar-refractivity contribution < 1.29 is 4.79 Å². The zero-order valence-electron chi connectivity index (χ0n) is 10.3. The Balaban J connectivity index is 1.81. The molecule has 1 aliphatic rings. The van der Waals surface area contributed by atoms with E-state index in [-0.39, 0.29) is 11.9 Å². The molecule has 0 radical (unpaired) electrons. The predicted octanol–water partition coefficient (Wildman–Crippen LogP) is 1.28. The van der Waals surface area contributed by atoms with E-state index in [2.05, 4.69) is 24.1 Å². The van der Waals surface area contributed by atoms with Gasteiger partial charge in [0.05, 0.1) is 17.2 Å². The lowest BCUT2D eigenvalue weighted by Crippen LogP contribution is -2.41. The Morgan fingerprint density at radius 3 is 3.12 bits per heavy atom. The minimum absolute atomic E-state index is 0.0189. The second-order valence-corrected chi connectivity index (χ2v) is 5.44. The van der Waals surface area contributed by atoms with Crippen molar-refractivity contribution in [3.63, 3.8) is 0 Å². The van der Waals surface area contributed by atoms with Gasteiger partial charge in [-0.3, -0.25) is 4.79 Å². The summed E-state index contributed by atoms with van der Waals surface area (Å²) < 4.78 is 0. The standard InChI is InChI=1S/C12H19N3OS/c1-9(2)14-11-4-6-15(12(11)16)5-3-10-7-17-8-13-10/h7-9,11,14H,3-6H2,1-2H3. The van der Waals surface area contributed by atoms with E-state index in [0.717, 1.165) is 31.6 Å². The summed E-state index contributed by atoms with van der Waals surface area (Å²) in [5.74, 6) is 0.244. The Bertz CT molecular complexity index is 364. The molecule has 0 aliphatic carbocycles. The molecule has 1 unspecified atom stereocenters. The van der Waals surface area contributed by atoms with E-state index in [1.54, 1.807) is 11.3 Å². The average Bonchev–Trinajstić information content (AvgIpc) is 2.88. The third-order valence-corrected chi connectivity index (χ3v) is 3.59. The predicted molar refractivity (Wildman–Crippen MR) is 69.1 cm³/mol. The molecule has 1 aromatic rings. The van der Waals surface area contributed by atoms with Gasteiger partial charge in [0.15, 0.2) is 0 Å². The first-order chi connectivity index (χ1) is 8.16. The molecule has 1 aliphatic heterocycles. The third kappa shape index (κ3) is 3.26. The summed E-state index contributed by atoms with van der Waals surface area (Å²) in [6.45, 7) is 5.81. The Kier molecular flexibility index (Phi) is 4.12. The van der Waals surface area contributed by atoms with Crippen molar-refractivity contribution in [1.29, 1.82) is 0 Å². The van der Waals surface area contributed by atoms with Crippen molar-refractivity contribution in [1.82, 2.24) is 15.2 Å². The molecule has 2 rings (SSSR count). The normalized spacial score (nSPS) is 20.5. The summed E-state index contributed by atoms with van der Waals surface area (Å²) in [7, 11) is 0. The molecule has 0 bridgehead atoms. The van der Waals surface area contributed by atoms with Crippen molar-refractivity contribution >= 4 is 17.2 Å². The second-order valence-electron chi connectivity index (χ2n) is 4.72. The van der Waals surface area contributed by atoms with Gasteiger partial charge in [0.25, 0.3) is 0 Å². The molecule has 2 heterocycles. The monoisotopic (exact) mass is 253 g/mol. The van der Waals surface area contributed by atoms with E-state index in [1.165, 1.54) is 0 Å². The van der Waals surface area contributed by atoms with Crippen LogP contribution in [0.15, 0.2) is 10.9 Å². The smallest absolute Gasteiger partial charge is 0.239 e. The summed E-state index contributed by atoms with van der Waals surface area (Å²) in [6, 6.07) is 0.382. The van der Waals surface area contributed by atoms with Crippen LogP contribution in [0.2, 0.25) is 0 Å². The van der Waals surface area contributed by atoms with Crippen LogP contribution in [0.25, 0.3) is 0 Å². The molecule has 4 nitrogen and oxygen atoms in total. The number of nitrogens with one attached hydrogen (secondary N) is 1. The zero-order valence-corrected chi connectivity index (χ0v) is 11.2. The molecule has 94 valence electrons. The van der Waals surface area contributed by atoms with Crippen LogP contribution in [-0.4, -0.2) is 41.0 Å². The third-order valence-electron chi connectivity index (χ3n) is 2.95. The molecule has 1 aromatic heterocycles. The Morgan fingerprint density at radius 1 is 1.65 bits per heavy atom. The van der Waals surface area contributed by atoms with Crippen molar-refractivity contribution in [2.24, 2.45) is 0 Å². The molecule has 1 amide bonds. The summed E-state index contributed by atoms with van der Waals surface area (Å²) in [6.07, 6.45) is 1.79. The molecule has 1 atom stereocenters. The van der Waals surface area contributed by atoms with Gasteiger partial charge in [0.2, 0.25) is 5.91 Å². The number of amides is 1. The molecule has 0 saturated carbocycles. The fraction of sp³-hybridized carbons (Fsp3) is 0.667. The van der Waals surface area contributed by atoms with Gasteiger partial charge in [-0.2, -0.15) is 0 Å². The van der Waals surface area contributed by atoms with Gasteiger partial charge < -0.3 is 10.2 Å². The highest BCUT2D eigenvalue weighted by Gasteiger charge is 2.31. The zero-order chi connectivity index (χ0) is 12.3. The van der Waals surface area contributed by atoms with Gasteiger partial charge in [-0.1, -0.05) is 13.8 Å². The van der Waals surface area contributed by atoms with Crippen LogP contribution in [0.4, 0.5) is 0 Å². The first-order valence-electron chi connectivity index (χ1n) is 6.08. The van der Waals surface area contributed by atoms with Crippen LogP contribution in [0.3, 0.4) is 0 Å². The highest BCUT2D eigenvalue weighted by molar-refractivity contribution is 7.07. The van der Waals surface area contributed by atoms with E-state index >= 15 is 0 Å². The number of hydrogen-bond acceptors (Lipinski definition) is 4. The van der Waals surface area contributed by atoms with Crippen LogP contribution in [0, 0.1) is 0 Å². The molecular formula is C12H19N3OS. The summed E-state index contributed by atoms with van der Waals surface area (Å²) >= 11 is 1.60. The van der Waals surface area contributed by atoms with Crippen LogP contribution < -0.4 is 5.32 Å².